The molecule has 21 heavy (non-hydrogen) atoms. The van der Waals surface area contributed by atoms with E-state index in [-0.39, 0.29) is 6.23 Å². The Balaban J connectivity index is 1.31. The Morgan fingerprint density at radius 3 is 2.48 bits per heavy atom. The van der Waals surface area contributed by atoms with Gasteiger partial charge in [-0.1, -0.05) is 0 Å². The molecule has 3 fully saturated rings. The van der Waals surface area contributed by atoms with Crippen molar-refractivity contribution in [1.29, 1.82) is 0 Å². The molecule has 0 amide bonds. The van der Waals surface area contributed by atoms with Gasteiger partial charge in [0.1, 0.15) is 0 Å². The number of nitrogens with zero attached hydrogens (tertiary/aromatic N) is 1. The molecular weight excluding hydrogens is 373 g/mol. The number of likely N-dealkylation sites (tertiary alicyclic amines) is 1. The molecule has 0 aromatic carbocycles. The van der Waals surface area contributed by atoms with Crippen molar-refractivity contribution in [1.82, 2.24) is 4.90 Å². The Hall–Kier alpha value is 0.650. The van der Waals surface area contributed by atoms with Gasteiger partial charge in [-0.3, -0.25) is 0 Å². The second-order valence-electron chi connectivity index (χ2n) is 7.51. The van der Waals surface area contributed by atoms with E-state index < -0.39 is 0 Å². The van der Waals surface area contributed by atoms with Gasteiger partial charge in [0.25, 0.3) is 0 Å². The van der Waals surface area contributed by atoms with E-state index >= 15 is 0 Å². The van der Waals surface area contributed by atoms with Gasteiger partial charge in [-0.25, -0.2) is 0 Å². The first-order valence-corrected chi connectivity index (χ1v) is 12.1. The van der Waals surface area contributed by atoms with Crippen LogP contribution >= 0.6 is 0 Å². The molecule has 1 saturated carbocycles. The minimum absolute atomic E-state index is 0.133. The standard InChI is InChI=1S/C18H33INO/c21-18(14-16-5-6-16)20-12-9-15(10-13-20)7-8-17-4-2-1-3-11-19-17/h15-18,21H,1-14H2/q-1. The van der Waals surface area contributed by atoms with Crippen molar-refractivity contribution in [2.45, 2.75) is 80.8 Å². The van der Waals surface area contributed by atoms with E-state index in [4.69, 9.17) is 0 Å². The number of aliphatic hydroxyl groups excluding tert-OH is 1. The molecule has 2 unspecified atom stereocenters. The molecule has 1 N–H and O–H groups in total. The summed E-state index contributed by atoms with van der Waals surface area (Å²) in [5.74, 6) is 1.80. The molecule has 3 rings (SSSR count). The molecule has 3 aliphatic rings. The summed E-state index contributed by atoms with van der Waals surface area (Å²) >= 11 is 0.519. The topological polar surface area (TPSA) is 23.5 Å². The zero-order chi connectivity index (χ0) is 14.5. The maximum absolute atomic E-state index is 10.3. The summed E-state index contributed by atoms with van der Waals surface area (Å²) in [7, 11) is 0. The van der Waals surface area contributed by atoms with Crippen LogP contribution in [0.3, 0.4) is 0 Å². The van der Waals surface area contributed by atoms with Crippen molar-refractivity contribution in [3.8, 4) is 0 Å². The van der Waals surface area contributed by atoms with Gasteiger partial charge >= 0.3 is 141 Å². The van der Waals surface area contributed by atoms with Crippen molar-refractivity contribution in [2.24, 2.45) is 11.8 Å². The maximum atomic E-state index is 10.3. The monoisotopic (exact) mass is 406 g/mol. The summed E-state index contributed by atoms with van der Waals surface area (Å²) in [6.45, 7) is 2.30. The molecular formula is C18H33INO-. The number of halogens is 1. The SMILES string of the molecule is OC(CC1CC1)N1CCC(CCC2CCCCC[I-]2)CC1. The van der Waals surface area contributed by atoms with Crippen LogP contribution in [0.4, 0.5) is 0 Å². The van der Waals surface area contributed by atoms with Crippen LogP contribution < -0.4 is 21.2 Å². The average molecular weight is 406 g/mol. The number of hydrogen-bond acceptors (Lipinski definition) is 2. The van der Waals surface area contributed by atoms with Crippen LogP contribution in [0.1, 0.15) is 70.6 Å². The first-order valence-electron chi connectivity index (χ1n) is 9.31. The van der Waals surface area contributed by atoms with E-state index in [1.165, 1.54) is 57.8 Å². The predicted octanol–water partition coefficient (Wildman–Crippen LogP) is 0.629. The van der Waals surface area contributed by atoms with Crippen molar-refractivity contribution < 1.29 is 26.3 Å². The van der Waals surface area contributed by atoms with Gasteiger partial charge in [0, 0.05) is 0 Å². The number of rotatable bonds is 6. The van der Waals surface area contributed by atoms with Crippen molar-refractivity contribution in [2.75, 3.05) is 17.5 Å². The Labute approximate surface area is 141 Å². The minimum atomic E-state index is -0.133. The summed E-state index contributed by atoms with van der Waals surface area (Å²) in [6.07, 6.45) is 15.4. The summed E-state index contributed by atoms with van der Waals surface area (Å²) < 4.78 is 2.74. The normalized spacial score (nSPS) is 31.4. The van der Waals surface area contributed by atoms with Gasteiger partial charge in [0.15, 0.2) is 0 Å². The zero-order valence-corrected chi connectivity index (χ0v) is 15.6. The molecule has 124 valence electrons. The van der Waals surface area contributed by atoms with E-state index in [2.05, 4.69) is 4.90 Å². The number of alkyl halides is 2. The van der Waals surface area contributed by atoms with Crippen LogP contribution in [0.25, 0.3) is 0 Å². The number of aliphatic hydroxyl groups is 1. The van der Waals surface area contributed by atoms with Crippen LogP contribution in [0.15, 0.2) is 0 Å². The second-order valence-corrected chi connectivity index (χ2v) is 11.2. The van der Waals surface area contributed by atoms with Crippen molar-refractivity contribution in [3.63, 3.8) is 0 Å². The molecule has 1 aliphatic carbocycles. The van der Waals surface area contributed by atoms with Crippen LogP contribution in [-0.2, 0) is 0 Å². The molecule has 0 aromatic heterocycles. The molecule has 0 aromatic rings. The van der Waals surface area contributed by atoms with Crippen LogP contribution in [0.2, 0.25) is 0 Å². The third-order valence-electron chi connectivity index (χ3n) is 5.68. The first kappa shape index (κ1) is 16.5. The summed E-state index contributed by atoms with van der Waals surface area (Å²) in [5, 5.41) is 10.3. The average Bonchev–Trinajstić information content (AvgIpc) is 3.33. The van der Waals surface area contributed by atoms with Gasteiger partial charge < -0.3 is 0 Å². The second kappa shape index (κ2) is 8.49. The fraction of sp³-hybridized carbons (Fsp3) is 1.00. The van der Waals surface area contributed by atoms with Crippen molar-refractivity contribution in [3.05, 3.63) is 0 Å². The molecule has 2 aliphatic heterocycles. The molecule has 3 heteroatoms. The Morgan fingerprint density at radius 2 is 1.71 bits per heavy atom. The number of hydrogen-bond donors (Lipinski definition) is 1. The van der Waals surface area contributed by atoms with Gasteiger partial charge in [-0.15, -0.1) is 0 Å². The third-order valence-corrected chi connectivity index (χ3v) is 9.56. The summed E-state index contributed by atoms with van der Waals surface area (Å²) in [6, 6.07) is 0. The van der Waals surface area contributed by atoms with E-state index in [0.29, 0.717) is 21.2 Å². The molecule has 2 nitrogen and oxygen atoms in total. The van der Waals surface area contributed by atoms with Crippen molar-refractivity contribution >= 4 is 0 Å². The van der Waals surface area contributed by atoms with Gasteiger partial charge in [-0.2, -0.15) is 0 Å². The fourth-order valence-corrected chi connectivity index (χ4v) is 7.47. The summed E-state index contributed by atoms with van der Waals surface area (Å²) in [5.41, 5.74) is 0. The fourth-order valence-electron chi connectivity index (χ4n) is 3.92. The third kappa shape index (κ3) is 5.65. The van der Waals surface area contributed by atoms with Crippen LogP contribution in [-0.4, -0.2) is 37.7 Å². The quantitative estimate of drug-likeness (QED) is 0.517. The van der Waals surface area contributed by atoms with E-state index in [0.717, 1.165) is 35.3 Å². The number of piperidine rings is 1. The molecule has 0 bridgehead atoms. The van der Waals surface area contributed by atoms with Gasteiger partial charge in [0.05, 0.1) is 0 Å². The van der Waals surface area contributed by atoms with Gasteiger partial charge in [-0.05, 0) is 0 Å². The van der Waals surface area contributed by atoms with Crippen LogP contribution in [0.5, 0.6) is 0 Å². The Morgan fingerprint density at radius 1 is 0.905 bits per heavy atom. The molecule has 2 heterocycles. The Bertz CT molecular complexity index is 292. The van der Waals surface area contributed by atoms with Gasteiger partial charge in [0.2, 0.25) is 0 Å². The van der Waals surface area contributed by atoms with E-state index in [9.17, 15) is 5.11 Å². The Kier molecular flexibility index (Phi) is 6.67. The molecule has 0 radical (unpaired) electrons. The van der Waals surface area contributed by atoms with Crippen LogP contribution in [0, 0.1) is 11.8 Å². The first-order chi connectivity index (χ1) is 10.3. The van der Waals surface area contributed by atoms with E-state index in [1.54, 1.807) is 10.8 Å². The summed E-state index contributed by atoms with van der Waals surface area (Å²) in [4.78, 5) is 2.35. The zero-order valence-electron chi connectivity index (χ0n) is 13.5. The molecule has 2 saturated heterocycles. The molecule has 2 atom stereocenters. The predicted molar refractivity (Wildman–Crippen MR) is 84.0 cm³/mol. The van der Waals surface area contributed by atoms with E-state index in [1.807, 2.05) is 0 Å². The molecule has 0 spiro atoms.